The summed E-state index contributed by atoms with van der Waals surface area (Å²) < 4.78 is 25.4. The maximum absolute atomic E-state index is 12.1. The fourth-order valence-electron chi connectivity index (χ4n) is 1.33. The van der Waals surface area contributed by atoms with Gasteiger partial charge in [-0.3, -0.25) is 0 Å². The van der Waals surface area contributed by atoms with Gasteiger partial charge in [-0.15, -0.1) is 6.42 Å². The second-order valence-electron chi connectivity index (χ2n) is 3.60. The van der Waals surface area contributed by atoms with Crippen molar-refractivity contribution in [1.82, 2.24) is 4.31 Å². The Kier molecular flexibility index (Phi) is 4.04. The number of anilines is 1. The van der Waals surface area contributed by atoms with E-state index in [0.717, 1.165) is 4.31 Å². The first kappa shape index (κ1) is 13.8. The van der Waals surface area contributed by atoms with Crippen LogP contribution in [0.3, 0.4) is 0 Å². The van der Waals surface area contributed by atoms with Crippen molar-refractivity contribution in [2.75, 3.05) is 19.3 Å². The van der Waals surface area contributed by atoms with Crippen molar-refractivity contribution in [2.45, 2.75) is 11.8 Å². The maximum Gasteiger partial charge on any atom is 0.244 e. The molecule has 0 aliphatic carbocycles. The molecule has 92 valence electrons. The van der Waals surface area contributed by atoms with Crippen LogP contribution in [0.1, 0.15) is 5.56 Å². The Morgan fingerprint density at radius 2 is 2.12 bits per heavy atom. The zero-order valence-corrected chi connectivity index (χ0v) is 11.1. The Bertz CT molecular complexity index is 576. The van der Waals surface area contributed by atoms with Crippen LogP contribution in [0.4, 0.5) is 5.69 Å². The molecule has 0 saturated heterocycles. The molecule has 0 bridgehead atoms. The summed E-state index contributed by atoms with van der Waals surface area (Å²) >= 11 is 5.81. The smallest absolute Gasteiger partial charge is 0.244 e. The molecule has 6 heteroatoms. The Morgan fingerprint density at radius 1 is 1.53 bits per heavy atom. The summed E-state index contributed by atoms with van der Waals surface area (Å²) in [5.41, 5.74) is 6.37. The quantitative estimate of drug-likeness (QED) is 0.670. The zero-order valence-electron chi connectivity index (χ0n) is 9.57. The van der Waals surface area contributed by atoms with Crippen LogP contribution >= 0.6 is 11.6 Å². The van der Waals surface area contributed by atoms with E-state index in [1.165, 1.54) is 19.2 Å². The highest BCUT2D eigenvalue weighted by Gasteiger charge is 2.23. The molecule has 0 aromatic heterocycles. The van der Waals surface area contributed by atoms with Gasteiger partial charge in [-0.1, -0.05) is 17.5 Å². The molecule has 4 nitrogen and oxygen atoms in total. The van der Waals surface area contributed by atoms with Crippen LogP contribution in [0.25, 0.3) is 0 Å². The number of aryl methyl sites for hydroxylation is 1. The molecule has 0 aliphatic rings. The van der Waals surface area contributed by atoms with Crippen LogP contribution in [0, 0.1) is 19.3 Å². The van der Waals surface area contributed by atoms with Crippen LogP contribution in [0.5, 0.6) is 0 Å². The topological polar surface area (TPSA) is 63.4 Å². The molecular formula is C11H13ClN2O2S. The molecule has 17 heavy (non-hydrogen) atoms. The number of halogens is 1. The Labute approximate surface area is 106 Å². The van der Waals surface area contributed by atoms with E-state index >= 15 is 0 Å². The largest absolute Gasteiger partial charge is 0.397 e. The molecule has 1 aromatic carbocycles. The monoisotopic (exact) mass is 272 g/mol. The first-order chi connectivity index (χ1) is 7.80. The lowest BCUT2D eigenvalue weighted by molar-refractivity contribution is 0.502. The number of hydrogen-bond acceptors (Lipinski definition) is 3. The van der Waals surface area contributed by atoms with Gasteiger partial charge in [0.1, 0.15) is 0 Å². The van der Waals surface area contributed by atoms with Crippen molar-refractivity contribution in [3.63, 3.8) is 0 Å². The van der Waals surface area contributed by atoms with Crippen molar-refractivity contribution in [3.05, 3.63) is 22.7 Å². The highest BCUT2D eigenvalue weighted by Crippen LogP contribution is 2.27. The molecule has 0 fully saturated rings. The molecule has 2 N–H and O–H groups in total. The van der Waals surface area contributed by atoms with Crippen LogP contribution in [0.2, 0.25) is 5.02 Å². The summed E-state index contributed by atoms with van der Waals surface area (Å²) in [6.07, 6.45) is 5.09. The molecular weight excluding hydrogens is 260 g/mol. The summed E-state index contributed by atoms with van der Waals surface area (Å²) in [6, 6.07) is 2.87. The number of hydrogen-bond donors (Lipinski definition) is 1. The third kappa shape index (κ3) is 2.72. The van der Waals surface area contributed by atoms with Crippen molar-refractivity contribution in [3.8, 4) is 12.3 Å². The number of rotatable bonds is 3. The van der Waals surface area contributed by atoms with Crippen molar-refractivity contribution >= 4 is 27.3 Å². The van der Waals surface area contributed by atoms with E-state index in [9.17, 15) is 8.42 Å². The third-order valence-electron chi connectivity index (χ3n) is 2.30. The van der Waals surface area contributed by atoms with Crippen molar-refractivity contribution in [2.24, 2.45) is 0 Å². The van der Waals surface area contributed by atoms with Gasteiger partial charge in [0.05, 0.1) is 22.2 Å². The summed E-state index contributed by atoms with van der Waals surface area (Å²) in [5.74, 6) is 2.28. The lowest BCUT2D eigenvalue weighted by Gasteiger charge is -2.16. The van der Waals surface area contributed by atoms with E-state index in [0.29, 0.717) is 10.6 Å². The summed E-state index contributed by atoms with van der Waals surface area (Å²) in [7, 11) is -2.20. The molecule has 0 aliphatic heterocycles. The predicted octanol–water partition coefficient (Wildman–Crippen LogP) is 1.48. The molecule has 0 atom stereocenters. The number of nitrogens with zero attached hydrogens (tertiary/aromatic N) is 1. The average molecular weight is 273 g/mol. The minimum atomic E-state index is -3.62. The van der Waals surface area contributed by atoms with Crippen LogP contribution in [-0.2, 0) is 10.0 Å². The van der Waals surface area contributed by atoms with E-state index in [2.05, 4.69) is 5.92 Å². The van der Waals surface area contributed by atoms with Gasteiger partial charge in [0.2, 0.25) is 10.0 Å². The van der Waals surface area contributed by atoms with Crippen molar-refractivity contribution < 1.29 is 8.42 Å². The second-order valence-corrected chi connectivity index (χ2v) is 6.02. The fraction of sp³-hybridized carbons (Fsp3) is 0.273. The molecule has 1 rings (SSSR count). The average Bonchev–Trinajstić information content (AvgIpc) is 2.23. The zero-order chi connectivity index (χ0) is 13.2. The summed E-state index contributed by atoms with van der Waals surface area (Å²) in [6.45, 7) is 1.66. The van der Waals surface area contributed by atoms with E-state index < -0.39 is 10.0 Å². The summed E-state index contributed by atoms with van der Waals surface area (Å²) in [5, 5.41) is 0.334. The number of sulfonamides is 1. The van der Waals surface area contributed by atoms with E-state index in [4.69, 9.17) is 23.8 Å². The Balaban J connectivity index is 3.35. The Hall–Kier alpha value is -1.22. The molecule has 0 amide bonds. The third-order valence-corrected chi connectivity index (χ3v) is 4.57. The first-order valence-electron chi connectivity index (χ1n) is 4.76. The number of terminal acetylenes is 1. The molecule has 0 unspecified atom stereocenters. The summed E-state index contributed by atoms with van der Waals surface area (Å²) in [4.78, 5) is 0.122. The molecule has 0 saturated carbocycles. The lowest BCUT2D eigenvalue weighted by Crippen LogP contribution is -2.28. The highest BCUT2D eigenvalue weighted by atomic mass is 35.5. The number of nitrogen functional groups attached to an aromatic ring is 1. The SMILES string of the molecule is C#CCN(C)S(=O)(=O)c1cc(N)c(Cl)cc1C. The number of benzene rings is 1. The van der Waals surface area contributed by atoms with Gasteiger partial charge >= 0.3 is 0 Å². The van der Waals surface area contributed by atoms with E-state index in [1.54, 1.807) is 6.92 Å². The van der Waals surface area contributed by atoms with Gasteiger partial charge in [0, 0.05) is 7.05 Å². The normalized spacial score (nSPS) is 11.5. The molecule has 0 spiro atoms. The number of nitrogens with two attached hydrogens (primary N) is 1. The van der Waals surface area contributed by atoms with Crippen LogP contribution in [0.15, 0.2) is 17.0 Å². The van der Waals surface area contributed by atoms with Gasteiger partial charge in [0.15, 0.2) is 0 Å². The first-order valence-corrected chi connectivity index (χ1v) is 6.58. The van der Waals surface area contributed by atoms with Crippen LogP contribution < -0.4 is 5.73 Å². The standard InChI is InChI=1S/C11H13ClN2O2S/c1-4-5-14(3)17(15,16)11-7-10(13)9(12)6-8(11)2/h1,6-7H,5,13H2,2-3H3. The minimum Gasteiger partial charge on any atom is -0.397 e. The van der Waals surface area contributed by atoms with Gasteiger partial charge in [0.25, 0.3) is 0 Å². The molecule has 1 aromatic rings. The molecule has 0 radical (unpaired) electrons. The predicted molar refractivity (Wildman–Crippen MR) is 69.3 cm³/mol. The fourth-order valence-corrected chi connectivity index (χ4v) is 2.87. The van der Waals surface area contributed by atoms with E-state index in [-0.39, 0.29) is 17.1 Å². The van der Waals surface area contributed by atoms with E-state index in [1.807, 2.05) is 0 Å². The lowest BCUT2D eigenvalue weighted by atomic mass is 10.2. The van der Waals surface area contributed by atoms with Gasteiger partial charge in [-0.2, -0.15) is 4.31 Å². The highest BCUT2D eigenvalue weighted by molar-refractivity contribution is 7.89. The second kappa shape index (κ2) is 4.96. The van der Waals surface area contributed by atoms with Crippen molar-refractivity contribution in [1.29, 1.82) is 0 Å². The van der Waals surface area contributed by atoms with Gasteiger partial charge in [-0.25, -0.2) is 8.42 Å². The van der Waals surface area contributed by atoms with Crippen LogP contribution in [-0.4, -0.2) is 26.3 Å². The molecule has 0 heterocycles. The Morgan fingerprint density at radius 3 is 2.65 bits per heavy atom. The van der Waals surface area contributed by atoms with Gasteiger partial charge < -0.3 is 5.73 Å². The minimum absolute atomic E-state index is 0.00427. The maximum atomic E-state index is 12.1. The van der Waals surface area contributed by atoms with Gasteiger partial charge in [-0.05, 0) is 24.6 Å².